The number of aromatic nitrogens is 2. The zero-order valence-electron chi connectivity index (χ0n) is 9.20. The van der Waals surface area contributed by atoms with Gasteiger partial charge in [0.15, 0.2) is 0 Å². The molecule has 1 aliphatic heterocycles. The molecule has 0 saturated carbocycles. The second-order valence-corrected chi connectivity index (χ2v) is 4.47. The highest BCUT2D eigenvalue weighted by atomic mass is 35.5. The summed E-state index contributed by atoms with van der Waals surface area (Å²) < 4.78 is 2.08. The number of halogens is 1. The van der Waals surface area contributed by atoms with E-state index in [0.29, 0.717) is 6.04 Å². The summed E-state index contributed by atoms with van der Waals surface area (Å²) >= 11 is 6.12. The van der Waals surface area contributed by atoms with Gasteiger partial charge < -0.3 is 10.2 Å². The zero-order valence-corrected chi connectivity index (χ0v) is 9.96. The Balaban J connectivity index is 2.26. The van der Waals surface area contributed by atoms with Crippen molar-refractivity contribution < 1.29 is 0 Å². The summed E-state index contributed by atoms with van der Waals surface area (Å²) in [6.45, 7) is 8.28. The van der Waals surface area contributed by atoms with E-state index in [1.54, 1.807) is 6.20 Å². The average Bonchev–Trinajstić information content (AvgIpc) is 2.61. The lowest BCUT2D eigenvalue weighted by molar-refractivity contribution is 0.542. The van der Waals surface area contributed by atoms with Crippen LogP contribution in [-0.4, -0.2) is 35.7 Å². The predicted octanol–water partition coefficient (Wildman–Crippen LogP) is 1.53. The van der Waals surface area contributed by atoms with Crippen LogP contribution in [0.25, 0.3) is 0 Å². The molecule has 0 radical (unpaired) electrons. The fourth-order valence-corrected chi connectivity index (χ4v) is 2.23. The van der Waals surface area contributed by atoms with Gasteiger partial charge in [0.2, 0.25) is 5.95 Å². The van der Waals surface area contributed by atoms with Gasteiger partial charge in [-0.05, 0) is 13.8 Å². The molecule has 0 unspecified atom stereocenters. The summed E-state index contributed by atoms with van der Waals surface area (Å²) in [5.74, 6) is 0.997. The van der Waals surface area contributed by atoms with Crippen molar-refractivity contribution in [2.75, 3.05) is 31.1 Å². The van der Waals surface area contributed by atoms with Gasteiger partial charge in [-0.1, -0.05) is 11.6 Å². The van der Waals surface area contributed by atoms with Crippen molar-refractivity contribution in [3.63, 3.8) is 0 Å². The maximum absolute atomic E-state index is 6.12. The van der Waals surface area contributed by atoms with Crippen LogP contribution in [0.1, 0.15) is 19.9 Å². The molecule has 84 valence electrons. The van der Waals surface area contributed by atoms with Crippen molar-refractivity contribution in [1.29, 1.82) is 0 Å². The minimum atomic E-state index is 0.352. The smallest absolute Gasteiger partial charge is 0.206 e. The van der Waals surface area contributed by atoms with E-state index in [1.165, 1.54) is 0 Å². The van der Waals surface area contributed by atoms with Crippen molar-refractivity contribution in [3.8, 4) is 0 Å². The minimum Gasteiger partial charge on any atom is -0.340 e. The standard InChI is InChI=1S/C10H17ClN4/c1-8(2)15-9(11)7-13-10(15)14-5-3-12-4-6-14/h7-8,12H,3-6H2,1-2H3. The molecule has 0 atom stereocenters. The van der Waals surface area contributed by atoms with Gasteiger partial charge in [0.1, 0.15) is 5.15 Å². The van der Waals surface area contributed by atoms with Crippen molar-refractivity contribution in [2.24, 2.45) is 0 Å². The number of imidazole rings is 1. The molecule has 15 heavy (non-hydrogen) atoms. The lowest BCUT2D eigenvalue weighted by Gasteiger charge is -2.29. The Morgan fingerprint density at radius 3 is 2.67 bits per heavy atom. The van der Waals surface area contributed by atoms with Gasteiger partial charge >= 0.3 is 0 Å². The number of hydrogen-bond acceptors (Lipinski definition) is 3. The van der Waals surface area contributed by atoms with Crippen LogP contribution in [0.3, 0.4) is 0 Å². The lowest BCUT2D eigenvalue weighted by atomic mass is 10.3. The summed E-state index contributed by atoms with van der Waals surface area (Å²) in [4.78, 5) is 6.67. The van der Waals surface area contributed by atoms with Gasteiger partial charge in [-0.2, -0.15) is 0 Å². The highest BCUT2D eigenvalue weighted by Gasteiger charge is 2.18. The first-order chi connectivity index (χ1) is 7.20. The Hall–Kier alpha value is -0.740. The quantitative estimate of drug-likeness (QED) is 0.834. The van der Waals surface area contributed by atoms with Crippen molar-refractivity contribution in [2.45, 2.75) is 19.9 Å². The fraction of sp³-hybridized carbons (Fsp3) is 0.700. The van der Waals surface area contributed by atoms with Gasteiger partial charge in [-0.3, -0.25) is 4.57 Å². The molecule has 1 aromatic rings. The van der Waals surface area contributed by atoms with E-state index in [1.807, 2.05) is 0 Å². The third-order valence-electron chi connectivity index (χ3n) is 2.65. The molecular formula is C10H17ClN4. The van der Waals surface area contributed by atoms with Crippen molar-refractivity contribution in [1.82, 2.24) is 14.9 Å². The molecule has 2 heterocycles. The van der Waals surface area contributed by atoms with Gasteiger partial charge in [0.05, 0.1) is 6.20 Å². The number of anilines is 1. The molecule has 1 aliphatic rings. The third-order valence-corrected chi connectivity index (χ3v) is 2.93. The summed E-state index contributed by atoms with van der Waals surface area (Å²) in [6, 6.07) is 0.352. The van der Waals surface area contributed by atoms with Gasteiger partial charge in [-0.25, -0.2) is 4.98 Å². The number of piperazine rings is 1. The SMILES string of the molecule is CC(C)n1c(Cl)cnc1N1CCNCC1. The first-order valence-corrected chi connectivity index (χ1v) is 5.76. The molecule has 0 bridgehead atoms. The fourth-order valence-electron chi connectivity index (χ4n) is 1.91. The molecule has 4 nitrogen and oxygen atoms in total. The van der Waals surface area contributed by atoms with E-state index in [2.05, 4.69) is 33.6 Å². The number of nitrogens with one attached hydrogen (secondary N) is 1. The third kappa shape index (κ3) is 2.11. The molecule has 5 heteroatoms. The highest BCUT2D eigenvalue weighted by molar-refractivity contribution is 6.29. The molecular weight excluding hydrogens is 212 g/mol. The molecule has 0 aliphatic carbocycles. The molecule has 2 rings (SSSR count). The Labute approximate surface area is 95.2 Å². The zero-order chi connectivity index (χ0) is 10.8. The van der Waals surface area contributed by atoms with E-state index >= 15 is 0 Å². The van der Waals surface area contributed by atoms with Gasteiger partial charge in [0.25, 0.3) is 0 Å². The van der Waals surface area contributed by atoms with Crippen LogP contribution in [0, 0.1) is 0 Å². The second-order valence-electron chi connectivity index (χ2n) is 4.08. The molecule has 1 fully saturated rings. The van der Waals surface area contributed by atoms with Crippen LogP contribution >= 0.6 is 11.6 Å². The largest absolute Gasteiger partial charge is 0.340 e. The maximum atomic E-state index is 6.12. The van der Waals surface area contributed by atoms with Gasteiger partial charge in [-0.15, -0.1) is 0 Å². The lowest BCUT2D eigenvalue weighted by Crippen LogP contribution is -2.44. The van der Waals surface area contributed by atoms with E-state index in [0.717, 1.165) is 37.3 Å². The minimum absolute atomic E-state index is 0.352. The van der Waals surface area contributed by atoms with Crippen molar-refractivity contribution in [3.05, 3.63) is 11.3 Å². The Morgan fingerprint density at radius 1 is 1.40 bits per heavy atom. The predicted molar refractivity (Wildman–Crippen MR) is 62.7 cm³/mol. The topological polar surface area (TPSA) is 33.1 Å². The number of nitrogens with zero attached hydrogens (tertiary/aromatic N) is 3. The van der Waals surface area contributed by atoms with Crippen LogP contribution in [0.5, 0.6) is 0 Å². The average molecular weight is 229 g/mol. The van der Waals surface area contributed by atoms with Crippen LogP contribution < -0.4 is 10.2 Å². The monoisotopic (exact) mass is 228 g/mol. The second kappa shape index (κ2) is 4.41. The number of rotatable bonds is 2. The van der Waals surface area contributed by atoms with Crippen LogP contribution in [-0.2, 0) is 0 Å². The summed E-state index contributed by atoms with van der Waals surface area (Å²) in [7, 11) is 0. The normalized spacial score (nSPS) is 17.5. The molecule has 1 saturated heterocycles. The highest BCUT2D eigenvalue weighted by Crippen LogP contribution is 2.24. The molecule has 0 amide bonds. The number of hydrogen-bond donors (Lipinski definition) is 1. The molecule has 1 N–H and O–H groups in total. The van der Waals surface area contributed by atoms with E-state index in [-0.39, 0.29) is 0 Å². The van der Waals surface area contributed by atoms with E-state index in [9.17, 15) is 0 Å². The van der Waals surface area contributed by atoms with E-state index < -0.39 is 0 Å². The molecule has 0 aromatic carbocycles. The van der Waals surface area contributed by atoms with Crippen LogP contribution in [0.15, 0.2) is 6.20 Å². The summed E-state index contributed by atoms with van der Waals surface area (Å²) in [5.41, 5.74) is 0. The molecule has 1 aromatic heterocycles. The van der Waals surface area contributed by atoms with Gasteiger partial charge in [0, 0.05) is 32.2 Å². The maximum Gasteiger partial charge on any atom is 0.206 e. The van der Waals surface area contributed by atoms with E-state index in [4.69, 9.17) is 11.6 Å². The summed E-state index contributed by atoms with van der Waals surface area (Å²) in [6.07, 6.45) is 1.74. The first-order valence-electron chi connectivity index (χ1n) is 5.38. The Morgan fingerprint density at radius 2 is 2.07 bits per heavy atom. The van der Waals surface area contributed by atoms with Crippen LogP contribution in [0.4, 0.5) is 5.95 Å². The van der Waals surface area contributed by atoms with Crippen molar-refractivity contribution >= 4 is 17.5 Å². The van der Waals surface area contributed by atoms with Crippen LogP contribution in [0.2, 0.25) is 5.15 Å². The Kier molecular flexibility index (Phi) is 3.17. The summed E-state index contributed by atoms with van der Waals surface area (Å²) in [5, 5.41) is 4.05. The molecule has 0 spiro atoms. The first kappa shape index (κ1) is 10.8. The Bertz CT molecular complexity index is 328.